The molecular weight excluding hydrogens is 491 g/mol. The van der Waals surface area contributed by atoms with Crippen molar-refractivity contribution in [1.29, 1.82) is 0 Å². The molecule has 35 heavy (non-hydrogen) atoms. The quantitative estimate of drug-likeness (QED) is 0.259. The molecule has 0 aliphatic heterocycles. The number of hydrogen-bond donors (Lipinski definition) is 3. The molecule has 0 aliphatic carbocycles. The lowest BCUT2D eigenvalue weighted by Gasteiger charge is -2.11. The minimum Gasteiger partial charge on any atom is -0.507 e. The fourth-order valence-corrected chi connectivity index (χ4v) is 3.77. The number of nitrogens with one attached hydrogen (secondary N) is 1. The van der Waals surface area contributed by atoms with Gasteiger partial charge >= 0.3 is 17.9 Å². The molecule has 0 aromatic carbocycles. The molecule has 0 saturated heterocycles. The minimum atomic E-state index is -4.32. The molecule has 0 fully saturated rings. The number of carboxylic acid groups (broad SMARTS) is 1. The highest BCUT2D eigenvalue weighted by Crippen LogP contribution is 2.29. The number of Topliss-reactive ketones (excluding diaryl/α,β-unsaturated/α-hetero) is 1. The largest absolute Gasteiger partial charge is 0.507 e. The Kier molecular flexibility index (Phi) is 9.69. The van der Waals surface area contributed by atoms with Crippen LogP contribution in [0.25, 0.3) is 6.08 Å². The van der Waals surface area contributed by atoms with Crippen molar-refractivity contribution in [2.45, 2.75) is 45.2 Å². The average molecular weight is 516 g/mol. The number of halogens is 3. The molecule has 1 unspecified atom stereocenters. The summed E-state index contributed by atoms with van der Waals surface area (Å²) in [6.07, 6.45) is -1.36. The normalized spacial score (nSPS) is 13.1. The van der Waals surface area contributed by atoms with E-state index in [1.54, 1.807) is 19.1 Å². The lowest BCUT2D eigenvalue weighted by atomic mass is 10.00. The maximum atomic E-state index is 12.8. The van der Waals surface area contributed by atoms with Crippen LogP contribution in [0.3, 0.4) is 0 Å². The number of ketones is 1. The number of carbonyl (C=O) groups excluding carboxylic acids is 1. The third-order valence-electron chi connectivity index (χ3n) is 4.70. The maximum absolute atomic E-state index is 12.8. The second kappa shape index (κ2) is 12.2. The highest BCUT2D eigenvalue weighted by Gasteiger charge is 2.27. The van der Waals surface area contributed by atoms with Gasteiger partial charge in [-0.25, -0.2) is 9.59 Å². The first-order chi connectivity index (χ1) is 16.4. The number of alkyl halides is 3. The molecule has 3 N–H and O–H groups in total. The van der Waals surface area contributed by atoms with E-state index in [9.17, 15) is 32.7 Å². The number of ether oxygens (including phenoxy) is 1. The average Bonchev–Trinajstić information content (AvgIpc) is 3.18. The first kappa shape index (κ1) is 27.7. The zero-order valence-electron chi connectivity index (χ0n) is 18.8. The van der Waals surface area contributed by atoms with Crippen molar-refractivity contribution in [1.82, 2.24) is 5.32 Å². The fraction of sp³-hybridized carbons (Fsp3) is 0.348. The fourth-order valence-electron chi connectivity index (χ4n) is 2.89. The van der Waals surface area contributed by atoms with E-state index >= 15 is 0 Å². The van der Waals surface area contributed by atoms with Crippen LogP contribution in [-0.4, -0.2) is 34.9 Å². The molecule has 2 aromatic heterocycles. The van der Waals surface area contributed by atoms with Crippen LogP contribution in [0.1, 0.15) is 60.0 Å². The standard InChI is InChI=1S/C23H24F3NO7S/c1-13(5-3-4-9-27-22(31)32)17-12-16(28)19(21(30)34-17)20(29)14(2)11-15-6-7-18(35-15)33-10-8-23(24,25)26/h4,6-7,9,11-13,27-28H,3,5,8,10H2,1-2H3,(H,31,32). The van der Waals surface area contributed by atoms with Gasteiger partial charge in [-0.1, -0.05) is 24.3 Å². The van der Waals surface area contributed by atoms with E-state index in [-0.39, 0.29) is 22.3 Å². The van der Waals surface area contributed by atoms with Crippen molar-refractivity contribution >= 4 is 29.3 Å². The number of amides is 1. The third kappa shape index (κ3) is 8.96. The van der Waals surface area contributed by atoms with Crippen LogP contribution in [0.4, 0.5) is 18.0 Å². The topological polar surface area (TPSA) is 126 Å². The van der Waals surface area contributed by atoms with Crippen LogP contribution >= 0.6 is 11.3 Å². The molecule has 8 nitrogen and oxygen atoms in total. The molecule has 12 heteroatoms. The van der Waals surface area contributed by atoms with Gasteiger partial charge in [0, 0.05) is 23.1 Å². The summed E-state index contributed by atoms with van der Waals surface area (Å²) in [6, 6.07) is 4.22. The molecular formula is C23H24F3NO7S. The predicted octanol–water partition coefficient (Wildman–Crippen LogP) is 5.69. The smallest absolute Gasteiger partial charge is 0.408 e. The van der Waals surface area contributed by atoms with E-state index in [1.807, 2.05) is 0 Å². The minimum absolute atomic E-state index is 0.105. The van der Waals surface area contributed by atoms with E-state index in [2.05, 4.69) is 5.32 Å². The van der Waals surface area contributed by atoms with E-state index in [0.717, 1.165) is 11.3 Å². The van der Waals surface area contributed by atoms with Gasteiger partial charge in [-0.05, 0) is 43.5 Å². The lowest BCUT2D eigenvalue weighted by molar-refractivity contribution is -0.139. The second-order valence-corrected chi connectivity index (χ2v) is 8.63. The summed E-state index contributed by atoms with van der Waals surface area (Å²) >= 11 is 1.03. The Morgan fingerprint density at radius 1 is 1.31 bits per heavy atom. The van der Waals surface area contributed by atoms with Crippen molar-refractivity contribution < 1.29 is 42.1 Å². The van der Waals surface area contributed by atoms with Gasteiger partial charge in [-0.2, -0.15) is 13.2 Å². The number of rotatable bonds is 11. The molecule has 2 heterocycles. The second-order valence-electron chi connectivity index (χ2n) is 7.55. The summed E-state index contributed by atoms with van der Waals surface area (Å²) in [7, 11) is 0. The molecule has 2 rings (SSSR count). The molecule has 0 radical (unpaired) electrons. The van der Waals surface area contributed by atoms with Gasteiger partial charge in [-0.3, -0.25) is 10.1 Å². The van der Waals surface area contributed by atoms with Crippen LogP contribution in [-0.2, 0) is 0 Å². The predicted molar refractivity (Wildman–Crippen MR) is 123 cm³/mol. The Labute approximate surface area is 202 Å². The van der Waals surface area contributed by atoms with Crippen molar-refractivity contribution in [2.24, 2.45) is 0 Å². The van der Waals surface area contributed by atoms with Gasteiger partial charge in [0.15, 0.2) is 10.8 Å². The van der Waals surface area contributed by atoms with E-state index in [0.29, 0.717) is 17.7 Å². The van der Waals surface area contributed by atoms with E-state index in [4.69, 9.17) is 14.3 Å². The molecule has 2 aromatic rings. The van der Waals surface area contributed by atoms with E-state index < -0.39 is 48.0 Å². The number of thiophene rings is 1. The highest BCUT2D eigenvalue weighted by molar-refractivity contribution is 7.14. The molecule has 0 spiro atoms. The number of hydrogen-bond acceptors (Lipinski definition) is 7. The maximum Gasteiger partial charge on any atom is 0.408 e. The Bertz CT molecular complexity index is 1160. The SMILES string of the molecule is CC(=Cc1ccc(OCCC(F)(F)F)s1)C(=O)c1c(O)cc(C(C)CCC=CNC(=O)O)oc1=O. The van der Waals surface area contributed by atoms with E-state index in [1.165, 1.54) is 31.3 Å². The Morgan fingerprint density at radius 3 is 2.66 bits per heavy atom. The lowest BCUT2D eigenvalue weighted by Crippen LogP contribution is -2.16. The zero-order chi connectivity index (χ0) is 26.2. The van der Waals surface area contributed by atoms with Gasteiger partial charge in [0.05, 0.1) is 13.0 Å². The Hall–Kier alpha value is -3.54. The molecule has 0 saturated carbocycles. The van der Waals surface area contributed by atoms with Crippen molar-refractivity contribution in [3.05, 3.63) is 62.7 Å². The first-order valence-corrected chi connectivity index (χ1v) is 11.2. The van der Waals surface area contributed by atoms with Gasteiger partial charge in [0.25, 0.3) is 0 Å². The summed E-state index contributed by atoms with van der Waals surface area (Å²) in [5, 5.41) is 21.2. The van der Waals surface area contributed by atoms with Crippen molar-refractivity contribution in [2.75, 3.05) is 6.61 Å². The van der Waals surface area contributed by atoms with Crippen LogP contribution < -0.4 is 15.7 Å². The van der Waals surface area contributed by atoms with Crippen LogP contribution in [0, 0.1) is 0 Å². The van der Waals surface area contributed by atoms with Gasteiger partial charge in [0.1, 0.15) is 17.1 Å². The molecule has 1 atom stereocenters. The summed E-state index contributed by atoms with van der Waals surface area (Å²) in [4.78, 5) is 36.1. The van der Waals surface area contributed by atoms with Crippen LogP contribution in [0.2, 0.25) is 0 Å². The summed E-state index contributed by atoms with van der Waals surface area (Å²) in [6.45, 7) is 2.65. The van der Waals surface area contributed by atoms with Crippen molar-refractivity contribution in [3.63, 3.8) is 0 Å². The monoisotopic (exact) mass is 515 g/mol. The van der Waals surface area contributed by atoms with Gasteiger partial charge in [-0.15, -0.1) is 0 Å². The molecule has 0 aliphatic rings. The summed E-state index contributed by atoms with van der Waals surface area (Å²) < 4.78 is 47.0. The summed E-state index contributed by atoms with van der Waals surface area (Å²) in [5.41, 5.74) is -1.43. The van der Waals surface area contributed by atoms with Crippen molar-refractivity contribution in [3.8, 4) is 10.8 Å². The number of aromatic hydroxyl groups is 1. The number of allylic oxidation sites excluding steroid dienone is 2. The third-order valence-corrected chi connectivity index (χ3v) is 5.65. The van der Waals surface area contributed by atoms with Gasteiger partial charge in [0.2, 0.25) is 0 Å². The van der Waals surface area contributed by atoms with Gasteiger partial charge < -0.3 is 19.4 Å². The summed E-state index contributed by atoms with van der Waals surface area (Å²) in [5.74, 6) is -1.42. The first-order valence-electron chi connectivity index (χ1n) is 10.4. The van der Waals surface area contributed by atoms with Crippen LogP contribution in [0.15, 0.2) is 45.3 Å². The Balaban J connectivity index is 2.07. The molecule has 190 valence electrons. The zero-order valence-corrected chi connectivity index (χ0v) is 19.7. The Morgan fingerprint density at radius 2 is 2.03 bits per heavy atom. The highest BCUT2D eigenvalue weighted by atomic mass is 32.1. The molecule has 0 bridgehead atoms. The van der Waals surface area contributed by atoms with Crippen LogP contribution in [0.5, 0.6) is 10.8 Å². The number of carbonyl (C=O) groups is 2. The molecule has 1 amide bonds.